The van der Waals surface area contributed by atoms with E-state index < -0.39 is 22.2 Å². The van der Waals surface area contributed by atoms with Crippen LogP contribution in [0, 0.1) is 22.2 Å². The van der Waals surface area contributed by atoms with E-state index >= 15 is 0 Å². The van der Waals surface area contributed by atoms with Crippen LogP contribution in [0.3, 0.4) is 0 Å². The van der Waals surface area contributed by atoms with Gasteiger partial charge in [0.2, 0.25) is 0 Å². The van der Waals surface area contributed by atoms with Crippen molar-refractivity contribution in [2.45, 2.75) is 73.2 Å². The van der Waals surface area contributed by atoms with E-state index in [4.69, 9.17) is 0 Å². The van der Waals surface area contributed by atoms with Gasteiger partial charge in [-0.15, -0.1) is 0 Å². The quantitative estimate of drug-likeness (QED) is 0.633. The molecule has 18 heavy (non-hydrogen) atoms. The monoisotopic (exact) mass is 258 g/mol. The first-order valence-corrected chi connectivity index (χ1v) is 6.86. The molecule has 1 saturated carbocycles. The molecule has 0 amide bonds. The van der Waals surface area contributed by atoms with Crippen molar-refractivity contribution in [3.05, 3.63) is 0 Å². The van der Waals surface area contributed by atoms with Crippen LogP contribution in [0.5, 0.6) is 0 Å². The zero-order valence-electron chi connectivity index (χ0n) is 13.1. The first-order chi connectivity index (χ1) is 7.69. The van der Waals surface area contributed by atoms with Gasteiger partial charge in [0.05, 0.1) is 0 Å². The molecule has 0 aromatic heterocycles. The van der Waals surface area contributed by atoms with E-state index in [0.717, 1.165) is 6.42 Å². The minimum Gasteiger partial charge on any atom is -0.384 e. The minimum absolute atomic E-state index is 0.197. The molecular formula is C15H30O3. The lowest BCUT2D eigenvalue weighted by Crippen LogP contribution is -2.77. The van der Waals surface area contributed by atoms with Gasteiger partial charge in [0.15, 0.2) is 5.79 Å². The molecule has 0 aliphatic heterocycles. The summed E-state index contributed by atoms with van der Waals surface area (Å²) in [5.41, 5.74) is -3.24. The summed E-state index contributed by atoms with van der Waals surface area (Å²) in [7, 11) is 0. The van der Waals surface area contributed by atoms with Crippen molar-refractivity contribution in [2.75, 3.05) is 0 Å². The molecular weight excluding hydrogens is 228 g/mol. The van der Waals surface area contributed by atoms with Crippen LogP contribution in [0.1, 0.15) is 61.8 Å². The Labute approximate surface area is 111 Å². The lowest BCUT2D eigenvalue weighted by atomic mass is 9.40. The summed E-state index contributed by atoms with van der Waals surface area (Å²) in [5, 5.41) is 32.0. The van der Waals surface area contributed by atoms with Crippen LogP contribution in [-0.2, 0) is 0 Å². The number of hydrogen-bond donors (Lipinski definition) is 3. The molecule has 0 spiro atoms. The second-order valence-electron chi connectivity index (χ2n) is 7.77. The largest absolute Gasteiger partial charge is 0.384 e. The predicted octanol–water partition coefficient (Wildman–Crippen LogP) is 2.54. The number of rotatable bonds is 1. The summed E-state index contributed by atoms with van der Waals surface area (Å²) in [5.74, 6) is -1.93. The van der Waals surface area contributed by atoms with Gasteiger partial charge in [-0.25, -0.2) is 0 Å². The molecule has 3 N–H and O–H groups in total. The predicted molar refractivity (Wildman–Crippen MR) is 72.9 cm³/mol. The molecule has 0 saturated heterocycles. The average molecular weight is 258 g/mol. The molecule has 2 atom stereocenters. The minimum atomic E-state index is -2.13. The smallest absolute Gasteiger partial charge is 0.198 e. The summed E-state index contributed by atoms with van der Waals surface area (Å²) in [6.45, 7) is 15.3. The van der Waals surface area contributed by atoms with Crippen molar-refractivity contribution in [3.8, 4) is 0 Å². The van der Waals surface area contributed by atoms with Gasteiger partial charge < -0.3 is 15.3 Å². The van der Waals surface area contributed by atoms with E-state index in [2.05, 4.69) is 20.8 Å². The molecule has 0 aromatic carbocycles. The Hall–Kier alpha value is -0.120. The molecule has 108 valence electrons. The number of aliphatic hydroxyl groups is 3. The lowest BCUT2D eigenvalue weighted by Gasteiger charge is -2.69. The summed E-state index contributed by atoms with van der Waals surface area (Å²) in [4.78, 5) is 0. The molecule has 1 aliphatic carbocycles. The van der Waals surface area contributed by atoms with E-state index in [-0.39, 0.29) is 11.3 Å². The van der Waals surface area contributed by atoms with Gasteiger partial charge in [0.25, 0.3) is 0 Å². The first-order valence-electron chi connectivity index (χ1n) is 6.86. The van der Waals surface area contributed by atoms with Crippen LogP contribution in [-0.4, -0.2) is 26.7 Å². The number of hydrogen-bond acceptors (Lipinski definition) is 3. The van der Waals surface area contributed by atoms with Crippen LogP contribution in [0.4, 0.5) is 0 Å². The molecule has 2 unspecified atom stereocenters. The Morgan fingerprint density at radius 3 is 1.50 bits per heavy atom. The van der Waals surface area contributed by atoms with Crippen LogP contribution < -0.4 is 0 Å². The Balaban J connectivity index is 3.59. The lowest BCUT2D eigenvalue weighted by molar-refractivity contribution is -0.407. The molecule has 1 aliphatic rings. The van der Waals surface area contributed by atoms with Crippen LogP contribution in [0.25, 0.3) is 0 Å². The zero-order chi connectivity index (χ0) is 14.8. The summed E-state index contributed by atoms with van der Waals surface area (Å²) in [6, 6.07) is 0. The molecule has 0 aromatic rings. The third-order valence-electron chi connectivity index (χ3n) is 6.57. The van der Waals surface area contributed by atoms with Gasteiger partial charge in [-0.05, 0) is 18.3 Å². The van der Waals surface area contributed by atoms with Crippen molar-refractivity contribution < 1.29 is 15.3 Å². The zero-order valence-corrected chi connectivity index (χ0v) is 13.1. The standard InChI is InChI=1S/C15H30O3/c1-9-10-11(2,3)13(6,7)15(17,18)14(8,16)12(10,4)5/h10,16-18H,9H2,1-8H3. The van der Waals surface area contributed by atoms with E-state index in [1.165, 1.54) is 0 Å². The summed E-state index contributed by atoms with van der Waals surface area (Å²) < 4.78 is 0. The van der Waals surface area contributed by atoms with E-state index in [9.17, 15) is 15.3 Å². The normalized spacial score (nSPS) is 40.5. The summed E-state index contributed by atoms with van der Waals surface area (Å²) in [6.07, 6.45) is 0.898. The fraction of sp³-hybridized carbons (Fsp3) is 1.00. The third-order valence-corrected chi connectivity index (χ3v) is 6.57. The fourth-order valence-corrected chi connectivity index (χ4v) is 4.20. The van der Waals surface area contributed by atoms with Crippen molar-refractivity contribution in [2.24, 2.45) is 22.2 Å². The Kier molecular flexibility index (Phi) is 3.28. The SMILES string of the molecule is CCC1C(C)(C)C(C)(C)C(O)(O)C(C)(O)C1(C)C. The molecule has 1 fully saturated rings. The Bertz CT molecular complexity index is 308. The van der Waals surface area contributed by atoms with Gasteiger partial charge >= 0.3 is 0 Å². The van der Waals surface area contributed by atoms with Crippen LogP contribution in [0.15, 0.2) is 0 Å². The highest BCUT2D eigenvalue weighted by atomic mass is 16.5. The molecule has 0 heterocycles. The fourth-order valence-electron chi connectivity index (χ4n) is 4.20. The molecule has 0 bridgehead atoms. The van der Waals surface area contributed by atoms with Crippen molar-refractivity contribution in [1.29, 1.82) is 0 Å². The molecule has 0 radical (unpaired) electrons. The maximum atomic E-state index is 10.8. The Morgan fingerprint density at radius 1 is 0.778 bits per heavy atom. The second kappa shape index (κ2) is 3.71. The van der Waals surface area contributed by atoms with Gasteiger partial charge in [-0.2, -0.15) is 0 Å². The first kappa shape index (κ1) is 15.9. The highest BCUT2D eigenvalue weighted by Crippen LogP contribution is 2.67. The Morgan fingerprint density at radius 2 is 1.17 bits per heavy atom. The maximum Gasteiger partial charge on any atom is 0.198 e. The average Bonchev–Trinajstić information content (AvgIpc) is 2.15. The third kappa shape index (κ3) is 1.41. The second-order valence-corrected chi connectivity index (χ2v) is 7.77. The van der Waals surface area contributed by atoms with Gasteiger partial charge in [0, 0.05) is 10.8 Å². The molecule has 1 rings (SSSR count). The maximum absolute atomic E-state index is 10.8. The van der Waals surface area contributed by atoms with Crippen LogP contribution >= 0.6 is 0 Å². The van der Waals surface area contributed by atoms with Crippen molar-refractivity contribution >= 4 is 0 Å². The van der Waals surface area contributed by atoms with Gasteiger partial charge in [-0.1, -0.05) is 54.9 Å². The topological polar surface area (TPSA) is 60.7 Å². The summed E-state index contributed by atoms with van der Waals surface area (Å²) >= 11 is 0. The molecule has 3 heteroatoms. The van der Waals surface area contributed by atoms with Crippen molar-refractivity contribution in [1.82, 2.24) is 0 Å². The van der Waals surface area contributed by atoms with Gasteiger partial charge in [-0.3, -0.25) is 0 Å². The molecule has 3 nitrogen and oxygen atoms in total. The van der Waals surface area contributed by atoms with E-state index in [1.807, 2.05) is 27.7 Å². The van der Waals surface area contributed by atoms with Crippen LogP contribution in [0.2, 0.25) is 0 Å². The highest BCUT2D eigenvalue weighted by Gasteiger charge is 2.73. The van der Waals surface area contributed by atoms with Crippen molar-refractivity contribution in [3.63, 3.8) is 0 Å². The van der Waals surface area contributed by atoms with E-state index in [0.29, 0.717) is 0 Å². The van der Waals surface area contributed by atoms with Gasteiger partial charge in [0.1, 0.15) is 5.60 Å². The van der Waals surface area contributed by atoms with E-state index in [1.54, 1.807) is 6.92 Å². The highest BCUT2D eigenvalue weighted by molar-refractivity contribution is 5.18.